The van der Waals surface area contributed by atoms with Gasteiger partial charge in [-0.15, -0.1) is 0 Å². The molecule has 1 aliphatic heterocycles. The Balaban J connectivity index is 1.43. The Kier molecular flexibility index (Phi) is 6.62. The summed E-state index contributed by atoms with van der Waals surface area (Å²) in [5.41, 5.74) is 1.48. The first-order valence-corrected chi connectivity index (χ1v) is 10.7. The molecule has 0 bridgehead atoms. The maximum Gasteiger partial charge on any atom is 0.435 e. The van der Waals surface area contributed by atoms with Crippen LogP contribution < -0.4 is 5.32 Å². The zero-order valence-corrected chi connectivity index (χ0v) is 17.4. The van der Waals surface area contributed by atoms with Crippen molar-refractivity contribution in [1.82, 2.24) is 20.0 Å². The van der Waals surface area contributed by atoms with Crippen molar-refractivity contribution in [3.8, 4) is 0 Å². The second kappa shape index (κ2) is 9.40. The summed E-state index contributed by atoms with van der Waals surface area (Å²) in [5.74, 6) is -0.186. The van der Waals surface area contributed by atoms with Crippen LogP contribution in [0.25, 0.3) is 0 Å². The van der Waals surface area contributed by atoms with E-state index >= 15 is 0 Å². The summed E-state index contributed by atoms with van der Waals surface area (Å²) in [6.07, 6.45) is -1.83. The van der Waals surface area contributed by atoms with E-state index in [2.05, 4.69) is 15.3 Å². The quantitative estimate of drug-likeness (QED) is 0.757. The van der Waals surface area contributed by atoms with Gasteiger partial charge in [-0.3, -0.25) is 14.4 Å². The summed E-state index contributed by atoms with van der Waals surface area (Å²) in [4.78, 5) is 14.8. The molecule has 1 aliphatic carbocycles. The molecule has 6 nitrogen and oxygen atoms in total. The van der Waals surface area contributed by atoms with Gasteiger partial charge >= 0.3 is 6.18 Å². The molecule has 9 heteroatoms. The standard InChI is InChI=1S/C22H27F3N4O2/c23-22(24,25)20-18-6-1-2-7-19(18)29(27-20)15-16-4-3-5-17(14-16)21(30)26-8-9-28-10-12-31-13-11-28/h3-5,14H,1-2,6-13,15H2,(H,26,30). The van der Waals surface area contributed by atoms with Gasteiger partial charge in [0.2, 0.25) is 0 Å². The minimum absolute atomic E-state index is 0.186. The van der Waals surface area contributed by atoms with E-state index in [9.17, 15) is 18.0 Å². The molecular weight excluding hydrogens is 409 g/mol. The van der Waals surface area contributed by atoms with E-state index in [0.29, 0.717) is 49.4 Å². The predicted octanol–water partition coefficient (Wildman–Crippen LogP) is 2.89. The van der Waals surface area contributed by atoms with Crippen LogP contribution >= 0.6 is 0 Å². The minimum atomic E-state index is -4.45. The minimum Gasteiger partial charge on any atom is -0.379 e. The first-order valence-electron chi connectivity index (χ1n) is 10.7. The molecule has 2 aliphatic rings. The van der Waals surface area contributed by atoms with Crippen molar-refractivity contribution in [1.29, 1.82) is 0 Å². The molecule has 1 N–H and O–H groups in total. The highest BCUT2D eigenvalue weighted by molar-refractivity contribution is 5.94. The van der Waals surface area contributed by atoms with Crippen LogP contribution in [-0.4, -0.2) is 60.0 Å². The number of rotatable bonds is 6. The summed E-state index contributed by atoms with van der Waals surface area (Å²) in [7, 11) is 0. The Bertz CT molecular complexity index is 920. The first kappa shape index (κ1) is 21.8. The summed E-state index contributed by atoms with van der Waals surface area (Å²) < 4.78 is 47.0. The second-order valence-corrected chi connectivity index (χ2v) is 8.05. The summed E-state index contributed by atoms with van der Waals surface area (Å²) in [5, 5.41) is 6.83. The van der Waals surface area contributed by atoms with Gasteiger partial charge in [0.05, 0.1) is 19.8 Å². The monoisotopic (exact) mass is 436 g/mol. The molecule has 0 unspecified atom stereocenters. The van der Waals surface area contributed by atoms with Crippen molar-refractivity contribution >= 4 is 5.91 Å². The molecule has 1 fully saturated rings. The van der Waals surface area contributed by atoms with Crippen LogP contribution in [0.4, 0.5) is 13.2 Å². The van der Waals surface area contributed by atoms with Gasteiger partial charge in [0.1, 0.15) is 0 Å². The van der Waals surface area contributed by atoms with Gasteiger partial charge in [0, 0.05) is 43.0 Å². The van der Waals surface area contributed by atoms with E-state index in [1.807, 2.05) is 6.07 Å². The van der Waals surface area contributed by atoms with Crippen LogP contribution in [0.3, 0.4) is 0 Å². The molecule has 1 aromatic heterocycles. The molecule has 1 saturated heterocycles. The summed E-state index contributed by atoms with van der Waals surface area (Å²) >= 11 is 0. The molecule has 0 spiro atoms. The van der Waals surface area contributed by atoms with Crippen molar-refractivity contribution in [3.63, 3.8) is 0 Å². The fraction of sp³-hybridized carbons (Fsp3) is 0.545. The van der Waals surface area contributed by atoms with E-state index < -0.39 is 11.9 Å². The fourth-order valence-electron chi connectivity index (χ4n) is 4.27. The third-order valence-corrected chi connectivity index (χ3v) is 5.86. The van der Waals surface area contributed by atoms with Crippen LogP contribution in [0.1, 0.15) is 45.7 Å². The molecule has 2 aromatic rings. The number of benzene rings is 1. The van der Waals surface area contributed by atoms with Crippen molar-refractivity contribution in [3.05, 3.63) is 52.3 Å². The van der Waals surface area contributed by atoms with Gasteiger partial charge in [0.15, 0.2) is 5.69 Å². The number of hydrogen-bond donors (Lipinski definition) is 1. The number of aromatic nitrogens is 2. The van der Waals surface area contributed by atoms with E-state index in [1.54, 1.807) is 18.2 Å². The van der Waals surface area contributed by atoms with E-state index in [4.69, 9.17) is 4.74 Å². The number of halogens is 3. The van der Waals surface area contributed by atoms with Gasteiger partial charge in [0.25, 0.3) is 5.91 Å². The number of hydrogen-bond acceptors (Lipinski definition) is 4. The molecule has 0 radical (unpaired) electrons. The highest BCUT2D eigenvalue weighted by Gasteiger charge is 2.39. The van der Waals surface area contributed by atoms with Crippen molar-refractivity contribution in [2.24, 2.45) is 0 Å². The predicted molar refractivity (Wildman–Crippen MR) is 109 cm³/mol. The number of carbonyl (C=O) groups excluding carboxylic acids is 1. The number of ether oxygens (including phenoxy) is 1. The number of alkyl halides is 3. The average Bonchev–Trinajstić information content (AvgIpc) is 3.14. The third-order valence-electron chi connectivity index (χ3n) is 5.86. The topological polar surface area (TPSA) is 59.4 Å². The molecule has 0 atom stereocenters. The Morgan fingerprint density at radius 2 is 1.94 bits per heavy atom. The number of nitrogens with zero attached hydrogens (tertiary/aromatic N) is 3. The Morgan fingerprint density at radius 3 is 2.71 bits per heavy atom. The highest BCUT2D eigenvalue weighted by atomic mass is 19.4. The lowest BCUT2D eigenvalue weighted by atomic mass is 9.95. The fourth-order valence-corrected chi connectivity index (χ4v) is 4.27. The maximum absolute atomic E-state index is 13.4. The molecule has 2 heterocycles. The van der Waals surface area contributed by atoms with Crippen LogP contribution in [0.15, 0.2) is 24.3 Å². The van der Waals surface area contributed by atoms with E-state index in [1.165, 1.54) is 4.68 Å². The molecule has 1 aromatic carbocycles. The van der Waals surface area contributed by atoms with Gasteiger partial charge in [-0.25, -0.2) is 0 Å². The molecule has 31 heavy (non-hydrogen) atoms. The Morgan fingerprint density at radius 1 is 1.16 bits per heavy atom. The number of amides is 1. The molecule has 4 rings (SSSR count). The highest BCUT2D eigenvalue weighted by Crippen LogP contribution is 2.36. The first-order chi connectivity index (χ1) is 14.9. The number of carbonyl (C=O) groups is 1. The van der Waals surface area contributed by atoms with Crippen molar-refractivity contribution in [2.45, 2.75) is 38.4 Å². The average molecular weight is 436 g/mol. The van der Waals surface area contributed by atoms with E-state index in [-0.39, 0.29) is 12.5 Å². The zero-order chi connectivity index (χ0) is 21.8. The van der Waals surface area contributed by atoms with Crippen LogP contribution in [-0.2, 0) is 30.3 Å². The molecule has 1 amide bonds. The SMILES string of the molecule is O=C(NCCN1CCOCC1)c1cccc(Cn2nc(C(F)(F)F)c3c2CCCC3)c1. The lowest BCUT2D eigenvalue weighted by molar-refractivity contribution is -0.142. The normalized spacial score (nSPS) is 17.4. The maximum atomic E-state index is 13.4. The summed E-state index contributed by atoms with van der Waals surface area (Å²) in [6.45, 7) is 4.65. The van der Waals surface area contributed by atoms with E-state index in [0.717, 1.165) is 38.0 Å². The van der Waals surface area contributed by atoms with Crippen LogP contribution in [0, 0.1) is 0 Å². The smallest absolute Gasteiger partial charge is 0.379 e. The lowest BCUT2D eigenvalue weighted by Gasteiger charge is -2.26. The Labute approximate surface area is 179 Å². The zero-order valence-electron chi connectivity index (χ0n) is 17.4. The van der Waals surface area contributed by atoms with Crippen LogP contribution in [0.2, 0.25) is 0 Å². The van der Waals surface area contributed by atoms with Gasteiger partial charge in [-0.2, -0.15) is 18.3 Å². The second-order valence-electron chi connectivity index (χ2n) is 8.05. The molecular formula is C22H27F3N4O2. The van der Waals surface area contributed by atoms with Crippen LogP contribution in [0.5, 0.6) is 0 Å². The van der Waals surface area contributed by atoms with Crippen molar-refractivity contribution in [2.75, 3.05) is 39.4 Å². The van der Waals surface area contributed by atoms with Gasteiger partial charge < -0.3 is 10.1 Å². The number of morpholine rings is 1. The summed E-state index contributed by atoms with van der Waals surface area (Å²) in [6, 6.07) is 7.02. The lowest BCUT2D eigenvalue weighted by Crippen LogP contribution is -2.41. The van der Waals surface area contributed by atoms with Crippen molar-refractivity contribution < 1.29 is 22.7 Å². The molecule has 0 saturated carbocycles. The Hall–Kier alpha value is -2.39. The largest absolute Gasteiger partial charge is 0.435 e. The molecule has 168 valence electrons. The van der Waals surface area contributed by atoms with Gasteiger partial charge in [-0.1, -0.05) is 12.1 Å². The van der Waals surface area contributed by atoms with Gasteiger partial charge in [-0.05, 0) is 43.4 Å². The number of nitrogens with one attached hydrogen (secondary N) is 1. The third kappa shape index (κ3) is 5.27. The number of fused-ring (bicyclic) bond motifs is 1.